The molecule has 2 heterocycles. The van der Waals surface area contributed by atoms with Crippen LogP contribution in [0.5, 0.6) is 0 Å². The molecule has 2 aliphatic rings. The lowest BCUT2D eigenvalue weighted by molar-refractivity contribution is 0.311. The van der Waals surface area contributed by atoms with Gasteiger partial charge in [0.15, 0.2) is 0 Å². The monoisotopic (exact) mass is 113 g/mol. The number of hydrogen-bond donors (Lipinski definition) is 1. The van der Waals surface area contributed by atoms with Crippen LogP contribution in [-0.2, 0) is 4.74 Å². The molecule has 0 aliphatic carbocycles. The molecule has 2 nitrogen and oxygen atoms in total. The Morgan fingerprint density at radius 1 is 1.75 bits per heavy atom. The van der Waals surface area contributed by atoms with E-state index in [4.69, 9.17) is 4.74 Å². The summed E-state index contributed by atoms with van der Waals surface area (Å²) < 4.78 is 5.40. The van der Waals surface area contributed by atoms with Crippen molar-refractivity contribution in [2.24, 2.45) is 0 Å². The fourth-order valence-corrected chi connectivity index (χ4v) is 1.45. The Labute approximate surface area is 49.2 Å². The van der Waals surface area contributed by atoms with Crippen molar-refractivity contribution < 1.29 is 4.74 Å². The van der Waals surface area contributed by atoms with Crippen LogP contribution in [0.4, 0.5) is 0 Å². The summed E-state index contributed by atoms with van der Waals surface area (Å²) in [5, 5.41) is 3.28. The van der Waals surface area contributed by atoms with Crippen molar-refractivity contribution in [1.29, 1.82) is 0 Å². The molecule has 0 aromatic carbocycles. The minimum absolute atomic E-state index is 0.292. The van der Waals surface area contributed by atoms with Gasteiger partial charge in [-0.25, -0.2) is 0 Å². The highest BCUT2D eigenvalue weighted by atomic mass is 16.6. The van der Waals surface area contributed by atoms with Gasteiger partial charge < -0.3 is 10.1 Å². The van der Waals surface area contributed by atoms with Gasteiger partial charge in [0.2, 0.25) is 0 Å². The van der Waals surface area contributed by atoms with E-state index in [0.717, 1.165) is 13.1 Å². The van der Waals surface area contributed by atoms with Crippen molar-refractivity contribution in [3.05, 3.63) is 0 Å². The SMILES string of the molecule is C[C@@H]1O[C@@]12CCNC2. The molecule has 0 radical (unpaired) electrons. The highest BCUT2D eigenvalue weighted by molar-refractivity contribution is 5.05. The molecule has 0 bridgehead atoms. The number of nitrogens with one attached hydrogen (secondary N) is 1. The molecule has 0 aromatic heterocycles. The first-order chi connectivity index (χ1) is 3.83. The van der Waals surface area contributed by atoms with Crippen molar-refractivity contribution >= 4 is 0 Å². The first kappa shape index (κ1) is 4.77. The van der Waals surface area contributed by atoms with E-state index in [0.29, 0.717) is 11.7 Å². The van der Waals surface area contributed by atoms with Crippen LogP contribution in [0, 0.1) is 0 Å². The van der Waals surface area contributed by atoms with Gasteiger partial charge >= 0.3 is 0 Å². The van der Waals surface area contributed by atoms with Gasteiger partial charge in [0.1, 0.15) is 5.60 Å². The summed E-state index contributed by atoms with van der Waals surface area (Å²) in [6, 6.07) is 0. The van der Waals surface area contributed by atoms with Crippen LogP contribution in [-0.4, -0.2) is 24.8 Å². The van der Waals surface area contributed by atoms with Gasteiger partial charge in [0.05, 0.1) is 6.10 Å². The molecule has 2 fully saturated rings. The second-order valence-corrected chi connectivity index (χ2v) is 2.75. The average Bonchev–Trinajstić information content (AvgIpc) is 2.29. The fourth-order valence-electron chi connectivity index (χ4n) is 1.45. The zero-order chi connectivity index (χ0) is 5.61. The number of hydrogen-bond acceptors (Lipinski definition) is 2. The molecule has 0 amide bonds. The lowest BCUT2D eigenvalue weighted by Gasteiger charge is -1.94. The molecular weight excluding hydrogens is 102 g/mol. The van der Waals surface area contributed by atoms with Gasteiger partial charge in [0, 0.05) is 6.54 Å². The zero-order valence-electron chi connectivity index (χ0n) is 5.11. The van der Waals surface area contributed by atoms with Crippen molar-refractivity contribution in [2.75, 3.05) is 13.1 Å². The van der Waals surface area contributed by atoms with E-state index in [9.17, 15) is 0 Å². The van der Waals surface area contributed by atoms with E-state index in [1.165, 1.54) is 6.42 Å². The summed E-state index contributed by atoms with van der Waals surface area (Å²) in [7, 11) is 0. The number of ether oxygens (including phenoxy) is 1. The zero-order valence-corrected chi connectivity index (χ0v) is 5.11. The smallest absolute Gasteiger partial charge is 0.108 e. The third-order valence-corrected chi connectivity index (χ3v) is 2.24. The maximum atomic E-state index is 5.40. The minimum atomic E-state index is 0.292. The van der Waals surface area contributed by atoms with Crippen LogP contribution >= 0.6 is 0 Å². The van der Waals surface area contributed by atoms with Crippen molar-refractivity contribution in [3.8, 4) is 0 Å². The number of rotatable bonds is 0. The van der Waals surface area contributed by atoms with Crippen molar-refractivity contribution in [1.82, 2.24) is 5.32 Å². The van der Waals surface area contributed by atoms with Crippen molar-refractivity contribution in [3.63, 3.8) is 0 Å². The molecule has 0 aromatic rings. The predicted molar refractivity (Wildman–Crippen MR) is 30.8 cm³/mol. The molecule has 8 heavy (non-hydrogen) atoms. The van der Waals surface area contributed by atoms with Crippen LogP contribution in [0.2, 0.25) is 0 Å². The van der Waals surface area contributed by atoms with E-state index in [2.05, 4.69) is 12.2 Å². The predicted octanol–water partition coefficient (Wildman–Crippen LogP) is 0.137. The molecule has 2 saturated heterocycles. The van der Waals surface area contributed by atoms with Crippen LogP contribution in [0.25, 0.3) is 0 Å². The second kappa shape index (κ2) is 1.25. The van der Waals surface area contributed by atoms with Crippen molar-refractivity contribution in [2.45, 2.75) is 25.0 Å². The van der Waals surface area contributed by atoms with E-state index >= 15 is 0 Å². The summed E-state index contributed by atoms with van der Waals surface area (Å²) in [5.41, 5.74) is 0.292. The van der Waals surface area contributed by atoms with E-state index in [-0.39, 0.29) is 0 Å². The summed E-state index contributed by atoms with van der Waals surface area (Å²) >= 11 is 0. The Balaban J connectivity index is 2.06. The lowest BCUT2D eigenvalue weighted by Crippen LogP contribution is -2.17. The fraction of sp³-hybridized carbons (Fsp3) is 1.00. The Kier molecular flexibility index (Phi) is 0.746. The molecular formula is C6H11NO. The van der Waals surface area contributed by atoms with Crippen LogP contribution in [0.15, 0.2) is 0 Å². The molecule has 0 unspecified atom stereocenters. The van der Waals surface area contributed by atoms with E-state index < -0.39 is 0 Å². The first-order valence-corrected chi connectivity index (χ1v) is 3.22. The maximum Gasteiger partial charge on any atom is 0.108 e. The molecule has 2 heteroatoms. The third-order valence-electron chi connectivity index (χ3n) is 2.24. The summed E-state index contributed by atoms with van der Waals surface area (Å²) in [4.78, 5) is 0. The summed E-state index contributed by atoms with van der Waals surface area (Å²) in [5.74, 6) is 0. The Hall–Kier alpha value is -0.0800. The Bertz CT molecular complexity index is 107. The largest absolute Gasteiger partial charge is 0.365 e. The van der Waals surface area contributed by atoms with Gasteiger partial charge in [-0.15, -0.1) is 0 Å². The maximum absolute atomic E-state index is 5.40. The summed E-state index contributed by atoms with van der Waals surface area (Å²) in [6.45, 7) is 4.37. The first-order valence-electron chi connectivity index (χ1n) is 3.22. The van der Waals surface area contributed by atoms with Gasteiger partial charge in [-0.3, -0.25) is 0 Å². The van der Waals surface area contributed by atoms with Gasteiger partial charge in [-0.2, -0.15) is 0 Å². The third kappa shape index (κ3) is 0.446. The Morgan fingerprint density at radius 3 is 2.75 bits per heavy atom. The molecule has 2 rings (SSSR count). The number of epoxide rings is 1. The lowest BCUT2D eigenvalue weighted by atomic mass is 10.1. The normalized spacial score (nSPS) is 52.9. The standard InChI is InChI=1S/C6H11NO/c1-5-6(8-5)2-3-7-4-6/h5,7H,2-4H2,1H3/t5-,6+/m0/s1. The molecule has 0 saturated carbocycles. The molecule has 1 N–H and O–H groups in total. The van der Waals surface area contributed by atoms with Crippen LogP contribution < -0.4 is 5.32 Å². The van der Waals surface area contributed by atoms with Gasteiger partial charge in [-0.05, 0) is 19.9 Å². The molecule has 2 aliphatic heterocycles. The minimum Gasteiger partial charge on any atom is -0.365 e. The average molecular weight is 113 g/mol. The highest BCUT2D eigenvalue weighted by Crippen LogP contribution is 2.40. The van der Waals surface area contributed by atoms with Gasteiger partial charge in [0.25, 0.3) is 0 Å². The van der Waals surface area contributed by atoms with E-state index in [1.54, 1.807) is 0 Å². The Morgan fingerprint density at radius 2 is 2.50 bits per heavy atom. The topological polar surface area (TPSA) is 24.6 Å². The van der Waals surface area contributed by atoms with Gasteiger partial charge in [-0.1, -0.05) is 0 Å². The van der Waals surface area contributed by atoms with Crippen LogP contribution in [0.3, 0.4) is 0 Å². The molecule has 2 atom stereocenters. The molecule has 1 spiro atoms. The molecule has 46 valence electrons. The second-order valence-electron chi connectivity index (χ2n) is 2.75. The highest BCUT2D eigenvalue weighted by Gasteiger charge is 2.54. The van der Waals surface area contributed by atoms with E-state index in [1.807, 2.05) is 0 Å². The van der Waals surface area contributed by atoms with Crippen LogP contribution in [0.1, 0.15) is 13.3 Å². The summed E-state index contributed by atoms with van der Waals surface area (Å²) in [6.07, 6.45) is 1.74. The quantitative estimate of drug-likeness (QED) is 0.452.